The molecule has 0 bridgehead atoms. The molecule has 6 nitrogen and oxygen atoms in total. The van der Waals surface area contributed by atoms with Gasteiger partial charge in [0.2, 0.25) is 0 Å². The minimum atomic E-state index is 0.881. The molecular weight excluding hydrogens is 288 g/mol. The Bertz CT molecular complexity index is 598. The summed E-state index contributed by atoms with van der Waals surface area (Å²) in [6.07, 6.45) is 2.04. The maximum absolute atomic E-state index is 4.32. The summed E-state index contributed by atoms with van der Waals surface area (Å²) in [7, 11) is 2.17. The van der Waals surface area contributed by atoms with Gasteiger partial charge in [-0.3, -0.25) is 4.90 Å². The van der Waals surface area contributed by atoms with Crippen molar-refractivity contribution in [3.05, 3.63) is 41.7 Å². The topological polar surface area (TPSA) is 49.2 Å². The van der Waals surface area contributed by atoms with Crippen LogP contribution in [-0.2, 0) is 13.1 Å². The number of aromatic nitrogens is 3. The molecule has 1 saturated heterocycles. The largest absolute Gasteiger partial charge is 0.313 e. The fraction of sp³-hybridized carbons (Fsp3) is 0.529. The van der Waals surface area contributed by atoms with Crippen molar-refractivity contribution in [1.82, 2.24) is 30.1 Å². The van der Waals surface area contributed by atoms with Gasteiger partial charge >= 0.3 is 0 Å². The second kappa shape index (κ2) is 7.68. The fourth-order valence-electron chi connectivity index (χ4n) is 2.77. The van der Waals surface area contributed by atoms with E-state index in [1.807, 2.05) is 10.9 Å². The van der Waals surface area contributed by atoms with Crippen molar-refractivity contribution >= 4 is 0 Å². The molecule has 6 heteroatoms. The zero-order chi connectivity index (χ0) is 16.1. The summed E-state index contributed by atoms with van der Waals surface area (Å²) in [5, 5.41) is 11.9. The third-order valence-corrected chi connectivity index (χ3v) is 4.30. The summed E-state index contributed by atoms with van der Waals surface area (Å²) in [5.41, 5.74) is 3.38. The molecule has 124 valence electrons. The van der Waals surface area contributed by atoms with Crippen molar-refractivity contribution in [2.75, 3.05) is 39.8 Å². The highest BCUT2D eigenvalue weighted by atomic mass is 15.4. The van der Waals surface area contributed by atoms with Gasteiger partial charge in [-0.2, -0.15) is 0 Å². The number of piperazine rings is 1. The number of rotatable bonds is 6. The Morgan fingerprint density at radius 2 is 1.83 bits per heavy atom. The zero-order valence-electron chi connectivity index (χ0n) is 14.1. The Balaban J connectivity index is 1.60. The highest BCUT2D eigenvalue weighted by molar-refractivity contribution is 5.33. The van der Waals surface area contributed by atoms with Crippen LogP contribution in [0.2, 0.25) is 0 Å². The molecule has 2 heterocycles. The van der Waals surface area contributed by atoms with Gasteiger partial charge < -0.3 is 10.2 Å². The van der Waals surface area contributed by atoms with E-state index in [9.17, 15) is 0 Å². The minimum Gasteiger partial charge on any atom is -0.313 e. The molecule has 0 aliphatic carbocycles. The molecule has 1 aromatic heterocycles. The number of hydrogen-bond acceptors (Lipinski definition) is 5. The van der Waals surface area contributed by atoms with E-state index in [-0.39, 0.29) is 0 Å². The monoisotopic (exact) mass is 314 g/mol. The minimum absolute atomic E-state index is 0.881. The van der Waals surface area contributed by atoms with Crippen molar-refractivity contribution in [1.29, 1.82) is 0 Å². The molecule has 0 unspecified atom stereocenters. The van der Waals surface area contributed by atoms with E-state index in [4.69, 9.17) is 0 Å². The van der Waals surface area contributed by atoms with Gasteiger partial charge in [-0.25, -0.2) is 4.68 Å². The Morgan fingerprint density at radius 3 is 2.52 bits per heavy atom. The molecule has 1 fully saturated rings. The molecule has 0 amide bonds. The average molecular weight is 314 g/mol. The lowest BCUT2D eigenvalue weighted by molar-refractivity contribution is 0.147. The van der Waals surface area contributed by atoms with Gasteiger partial charge in [0.15, 0.2) is 0 Å². The van der Waals surface area contributed by atoms with E-state index >= 15 is 0 Å². The lowest BCUT2D eigenvalue weighted by atomic mass is 10.2. The van der Waals surface area contributed by atoms with Crippen molar-refractivity contribution in [3.8, 4) is 5.69 Å². The van der Waals surface area contributed by atoms with E-state index in [0.717, 1.165) is 57.2 Å². The van der Waals surface area contributed by atoms with E-state index in [1.54, 1.807) is 0 Å². The molecule has 1 aliphatic heterocycles. The first-order valence-corrected chi connectivity index (χ1v) is 8.37. The maximum atomic E-state index is 4.32. The van der Waals surface area contributed by atoms with Crippen molar-refractivity contribution in [2.24, 2.45) is 0 Å². The number of hydrogen-bond donors (Lipinski definition) is 1. The Hall–Kier alpha value is -1.76. The normalized spacial score (nSPS) is 16.8. The molecule has 0 radical (unpaired) electrons. The Morgan fingerprint density at radius 1 is 1.09 bits per heavy atom. The van der Waals surface area contributed by atoms with Crippen LogP contribution in [0.1, 0.15) is 18.2 Å². The maximum Gasteiger partial charge on any atom is 0.0971 e. The first-order chi connectivity index (χ1) is 11.2. The van der Waals surface area contributed by atoms with Crippen LogP contribution < -0.4 is 5.32 Å². The van der Waals surface area contributed by atoms with Gasteiger partial charge in [-0.1, -0.05) is 24.3 Å². The molecule has 3 rings (SSSR count). The molecule has 0 atom stereocenters. The van der Waals surface area contributed by atoms with Crippen LogP contribution in [0, 0.1) is 0 Å². The van der Waals surface area contributed by atoms with E-state index in [2.05, 4.69) is 63.7 Å². The van der Waals surface area contributed by atoms with Crippen LogP contribution in [0.4, 0.5) is 0 Å². The molecule has 2 aromatic rings. The highest BCUT2D eigenvalue weighted by Crippen LogP contribution is 2.11. The molecule has 0 saturated carbocycles. The number of nitrogens with zero attached hydrogens (tertiary/aromatic N) is 5. The second-order valence-electron chi connectivity index (χ2n) is 6.18. The summed E-state index contributed by atoms with van der Waals surface area (Å²) in [6, 6.07) is 8.47. The van der Waals surface area contributed by atoms with Crippen LogP contribution in [0.3, 0.4) is 0 Å². The number of likely N-dealkylation sites (N-methyl/N-ethyl adjacent to an activating group) is 1. The first kappa shape index (κ1) is 16.1. The third-order valence-electron chi connectivity index (χ3n) is 4.30. The van der Waals surface area contributed by atoms with Crippen LogP contribution in [0.15, 0.2) is 30.5 Å². The van der Waals surface area contributed by atoms with Crippen LogP contribution in [-0.4, -0.2) is 64.6 Å². The van der Waals surface area contributed by atoms with Crippen molar-refractivity contribution in [2.45, 2.75) is 20.0 Å². The molecule has 1 aliphatic rings. The zero-order valence-corrected chi connectivity index (χ0v) is 14.1. The summed E-state index contributed by atoms with van der Waals surface area (Å²) in [6.45, 7) is 9.34. The van der Waals surface area contributed by atoms with E-state index in [1.165, 1.54) is 5.56 Å². The molecule has 1 N–H and O–H groups in total. The quantitative estimate of drug-likeness (QED) is 0.866. The van der Waals surface area contributed by atoms with E-state index < -0.39 is 0 Å². The molecule has 0 spiro atoms. The Kier molecular flexibility index (Phi) is 5.38. The van der Waals surface area contributed by atoms with Gasteiger partial charge in [0.25, 0.3) is 0 Å². The summed E-state index contributed by atoms with van der Waals surface area (Å²) in [5.74, 6) is 0. The van der Waals surface area contributed by atoms with Crippen molar-refractivity contribution < 1.29 is 0 Å². The number of nitrogens with one attached hydrogen (secondary N) is 1. The van der Waals surface area contributed by atoms with Gasteiger partial charge in [-0.05, 0) is 31.3 Å². The van der Waals surface area contributed by atoms with Gasteiger partial charge in [0.05, 0.1) is 17.6 Å². The van der Waals surface area contributed by atoms with Crippen LogP contribution >= 0.6 is 0 Å². The predicted octanol–water partition coefficient (Wildman–Crippen LogP) is 1.12. The summed E-state index contributed by atoms with van der Waals surface area (Å²) in [4.78, 5) is 4.80. The Labute approximate surface area is 138 Å². The predicted molar refractivity (Wildman–Crippen MR) is 91.5 cm³/mol. The van der Waals surface area contributed by atoms with E-state index in [0.29, 0.717) is 0 Å². The number of benzene rings is 1. The SMILES string of the molecule is CCNCc1ccc(-n2cc(CN3CCN(C)CC3)nn2)cc1. The molecule has 1 aromatic carbocycles. The van der Waals surface area contributed by atoms with Gasteiger partial charge in [0.1, 0.15) is 0 Å². The smallest absolute Gasteiger partial charge is 0.0971 e. The lowest BCUT2D eigenvalue weighted by Crippen LogP contribution is -2.43. The highest BCUT2D eigenvalue weighted by Gasteiger charge is 2.15. The van der Waals surface area contributed by atoms with Crippen LogP contribution in [0.25, 0.3) is 5.69 Å². The van der Waals surface area contributed by atoms with Crippen LogP contribution in [0.5, 0.6) is 0 Å². The fourth-order valence-corrected chi connectivity index (χ4v) is 2.77. The second-order valence-corrected chi connectivity index (χ2v) is 6.18. The molecular formula is C17H26N6. The van der Waals surface area contributed by atoms with Gasteiger partial charge in [0, 0.05) is 39.3 Å². The summed E-state index contributed by atoms with van der Waals surface area (Å²) < 4.78 is 1.86. The first-order valence-electron chi connectivity index (χ1n) is 8.37. The average Bonchev–Trinajstić information content (AvgIpc) is 3.04. The molecule has 23 heavy (non-hydrogen) atoms. The van der Waals surface area contributed by atoms with Crippen molar-refractivity contribution in [3.63, 3.8) is 0 Å². The lowest BCUT2D eigenvalue weighted by Gasteiger charge is -2.31. The third kappa shape index (κ3) is 4.37. The standard InChI is InChI=1S/C17H26N6/c1-3-18-12-15-4-6-17(7-5-15)23-14-16(19-20-23)13-22-10-8-21(2)9-11-22/h4-7,14,18H,3,8-13H2,1-2H3. The van der Waals surface area contributed by atoms with Gasteiger partial charge in [-0.15, -0.1) is 5.10 Å². The summed E-state index contributed by atoms with van der Waals surface area (Å²) >= 11 is 0.